The van der Waals surface area contributed by atoms with E-state index in [4.69, 9.17) is 16.3 Å². The third kappa shape index (κ3) is 5.27. The number of amides is 1. The lowest BCUT2D eigenvalue weighted by atomic mass is 10.1. The zero-order chi connectivity index (χ0) is 21.7. The van der Waals surface area contributed by atoms with Crippen LogP contribution in [0, 0.1) is 13.8 Å². The molecule has 0 radical (unpaired) electrons. The third-order valence-corrected chi connectivity index (χ3v) is 5.12. The molecule has 0 N–H and O–H groups in total. The quantitative estimate of drug-likeness (QED) is 0.536. The molecule has 0 saturated carbocycles. The van der Waals surface area contributed by atoms with Crippen molar-refractivity contribution < 1.29 is 14.3 Å². The Kier molecular flexibility index (Phi) is 6.90. The number of likely N-dealkylation sites (N-methyl/N-ethyl adjacent to an activating group) is 1. The van der Waals surface area contributed by atoms with Crippen LogP contribution in [0.4, 0.5) is 0 Å². The van der Waals surface area contributed by atoms with Gasteiger partial charge in [-0.05, 0) is 25.0 Å². The fraction of sp³-hybridized carbons (Fsp3) is 0.261. The summed E-state index contributed by atoms with van der Waals surface area (Å²) in [5, 5.41) is 4.55. The molecule has 2 aromatic carbocycles. The van der Waals surface area contributed by atoms with Gasteiger partial charge in [-0.15, -0.1) is 0 Å². The van der Waals surface area contributed by atoms with Gasteiger partial charge in [-0.25, -0.2) is 9.48 Å². The fourth-order valence-electron chi connectivity index (χ4n) is 3.01. The van der Waals surface area contributed by atoms with Crippen molar-refractivity contribution in [3.05, 3.63) is 87.7 Å². The molecule has 7 heteroatoms. The van der Waals surface area contributed by atoms with E-state index in [-0.39, 0.29) is 23.2 Å². The number of hydrogen-bond donors (Lipinski definition) is 0. The second kappa shape index (κ2) is 9.59. The van der Waals surface area contributed by atoms with Gasteiger partial charge >= 0.3 is 5.97 Å². The minimum atomic E-state index is -0.658. The molecule has 6 nitrogen and oxygen atoms in total. The van der Waals surface area contributed by atoms with E-state index in [1.807, 2.05) is 61.5 Å². The van der Waals surface area contributed by atoms with Gasteiger partial charge in [-0.1, -0.05) is 71.8 Å². The Morgan fingerprint density at radius 1 is 1.03 bits per heavy atom. The Labute approximate surface area is 181 Å². The summed E-state index contributed by atoms with van der Waals surface area (Å²) < 4.78 is 6.78. The summed E-state index contributed by atoms with van der Waals surface area (Å²) in [7, 11) is 1.67. The largest absolute Gasteiger partial charge is 0.452 e. The van der Waals surface area contributed by atoms with Crippen LogP contribution in [0.1, 0.15) is 32.7 Å². The summed E-state index contributed by atoms with van der Waals surface area (Å²) in [6, 6.07) is 17.6. The number of esters is 1. The van der Waals surface area contributed by atoms with Crippen LogP contribution in [0.3, 0.4) is 0 Å². The maximum absolute atomic E-state index is 12.6. The monoisotopic (exact) mass is 425 g/mol. The number of carbonyl (C=O) groups excluding carboxylic acids is 2. The Morgan fingerprint density at radius 3 is 2.37 bits per heavy atom. The summed E-state index contributed by atoms with van der Waals surface area (Å²) in [5.74, 6) is -0.956. The number of aryl methyl sites for hydroxylation is 2. The average molecular weight is 426 g/mol. The van der Waals surface area contributed by atoms with Crippen molar-refractivity contribution in [2.45, 2.75) is 26.9 Å². The Morgan fingerprint density at radius 2 is 1.70 bits per heavy atom. The van der Waals surface area contributed by atoms with E-state index in [2.05, 4.69) is 5.10 Å². The molecule has 0 unspecified atom stereocenters. The first kappa shape index (κ1) is 21.6. The maximum Gasteiger partial charge on any atom is 0.343 e. The van der Waals surface area contributed by atoms with Gasteiger partial charge in [0.15, 0.2) is 6.61 Å². The van der Waals surface area contributed by atoms with Crippen LogP contribution in [0.25, 0.3) is 0 Å². The molecule has 30 heavy (non-hydrogen) atoms. The van der Waals surface area contributed by atoms with Crippen molar-refractivity contribution in [2.24, 2.45) is 0 Å². The highest BCUT2D eigenvalue weighted by Crippen LogP contribution is 2.22. The van der Waals surface area contributed by atoms with E-state index in [0.717, 1.165) is 16.7 Å². The van der Waals surface area contributed by atoms with Gasteiger partial charge in [-0.3, -0.25) is 4.79 Å². The zero-order valence-corrected chi connectivity index (χ0v) is 18.0. The molecule has 0 fully saturated rings. The van der Waals surface area contributed by atoms with Crippen molar-refractivity contribution in [1.29, 1.82) is 0 Å². The van der Waals surface area contributed by atoms with Crippen molar-refractivity contribution >= 4 is 23.5 Å². The first-order valence-corrected chi connectivity index (χ1v) is 9.96. The summed E-state index contributed by atoms with van der Waals surface area (Å²) in [4.78, 5) is 26.4. The van der Waals surface area contributed by atoms with Crippen LogP contribution in [-0.4, -0.2) is 40.2 Å². The molecule has 0 atom stereocenters. The van der Waals surface area contributed by atoms with Crippen molar-refractivity contribution in [3.8, 4) is 0 Å². The summed E-state index contributed by atoms with van der Waals surface area (Å²) >= 11 is 6.40. The number of nitrogens with zero attached hydrogens (tertiary/aromatic N) is 3. The molecule has 1 amide bonds. The topological polar surface area (TPSA) is 64.4 Å². The van der Waals surface area contributed by atoms with E-state index in [0.29, 0.717) is 18.8 Å². The van der Waals surface area contributed by atoms with E-state index in [1.54, 1.807) is 18.7 Å². The molecule has 1 aromatic heterocycles. The van der Waals surface area contributed by atoms with E-state index >= 15 is 0 Å². The van der Waals surface area contributed by atoms with Crippen LogP contribution < -0.4 is 0 Å². The molecule has 0 spiro atoms. The van der Waals surface area contributed by atoms with Gasteiger partial charge in [0.1, 0.15) is 10.7 Å². The zero-order valence-electron chi connectivity index (χ0n) is 17.3. The standard InChI is InChI=1S/C23H24ClN3O3/c1-16-9-11-19(12-10-16)14-27-22(24)21(17(2)25-27)23(29)30-15-20(28)26(3)13-18-7-5-4-6-8-18/h4-12H,13-15H2,1-3H3. The Balaban J connectivity index is 1.61. The van der Waals surface area contributed by atoms with E-state index < -0.39 is 5.97 Å². The number of halogens is 1. The molecular weight excluding hydrogens is 402 g/mol. The Hall–Kier alpha value is -3.12. The highest BCUT2D eigenvalue weighted by Gasteiger charge is 2.23. The lowest BCUT2D eigenvalue weighted by molar-refractivity contribution is -0.133. The number of aromatic nitrogens is 2. The van der Waals surface area contributed by atoms with Crippen LogP contribution in [0.5, 0.6) is 0 Å². The smallest absolute Gasteiger partial charge is 0.343 e. The normalized spacial score (nSPS) is 10.7. The molecule has 156 valence electrons. The van der Waals surface area contributed by atoms with E-state index in [9.17, 15) is 9.59 Å². The third-order valence-electron chi connectivity index (χ3n) is 4.74. The molecule has 3 aromatic rings. The molecule has 0 aliphatic heterocycles. The number of benzene rings is 2. The minimum Gasteiger partial charge on any atom is -0.452 e. The van der Waals surface area contributed by atoms with Crippen LogP contribution >= 0.6 is 11.6 Å². The number of carbonyl (C=O) groups is 2. The fourth-order valence-corrected chi connectivity index (χ4v) is 3.32. The maximum atomic E-state index is 12.6. The summed E-state index contributed by atoms with van der Waals surface area (Å²) in [5.41, 5.74) is 3.82. The van der Waals surface area contributed by atoms with Gasteiger partial charge in [0.05, 0.1) is 12.2 Å². The van der Waals surface area contributed by atoms with Crippen molar-refractivity contribution in [2.75, 3.05) is 13.7 Å². The first-order chi connectivity index (χ1) is 14.3. The lowest BCUT2D eigenvalue weighted by Gasteiger charge is -2.17. The molecule has 0 aliphatic carbocycles. The van der Waals surface area contributed by atoms with Crippen molar-refractivity contribution in [1.82, 2.24) is 14.7 Å². The summed E-state index contributed by atoms with van der Waals surface area (Å²) in [6.07, 6.45) is 0. The molecule has 1 heterocycles. The second-order valence-corrected chi connectivity index (χ2v) is 7.56. The number of ether oxygens (including phenoxy) is 1. The Bertz CT molecular complexity index is 1030. The predicted molar refractivity (Wildman–Crippen MR) is 115 cm³/mol. The van der Waals surface area contributed by atoms with Gasteiger partial charge in [0, 0.05) is 13.6 Å². The van der Waals surface area contributed by atoms with Gasteiger partial charge in [0.25, 0.3) is 5.91 Å². The number of rotatable bonds is 7. The van der Waals surface area contributed by atoms with E-state index in [1.165, 1.54) is 4.90 Å². The molecular formula is C23H24ClN3O3. The van der Waals surface area contributed by atoms with Crippen LogP contribution in [-0.2, 0) is 22.6 Å². The highest BCUT2D eigenvalue weighted by molar-refractivity contribution is 6.32. The van der Waals surface area contributed by atoms with Gasteiger partial charge < -0.3 is 9.64 Å². The van der Waals surface area contributed by atoms with Crippen LogP contribution in [0.15, 0.2) is 54.6 Å². The molecule has 0 aliphatic rings. The lowest BCUT2D eigenvalue weighted by Crippen LogP contribution is -2.30. The second-order valence-electron chi connectivity index (χ2n) is 7.21. The van der Waals surface area contributed by atoms with Gasteiger partial charge in [-0.2, -0.15) is 5.10 Å². The SMILES string of the molecule is Cc1ccc(Cn2nc(C)c(C(=O)OCC(=O)N(C)Cc3ccccc3)c2Cl)cc1. The van der Waals surface area contributed by atoms with Crippen molar-refractivity contribution in [3.63, 3.8) is 0 Å². The molecule has 0 saturated heterocycles. The average Bonchev–Trinajstić information content (AvgIpc) is 3.01. The van der Waals surface area contributed by atoms with Crippen LogP contribution in [0.2, 0.25) is 5.15 Å². The predicted octanol–water partition coefficient (Wildman–Crippen LogP) is 4.02. The first-order valence-electron chi connectivity index (χ1n) is 9.58. The molecule has 0 bridgehead atoms. The number of hydrogen-bond acceptors (Lipinski definition) is 4. The minimum absolute atomic E-state index is 0.183. The summed E-state index contributed by atoms with van der Waals surface area (Å²) in [6.45, 7) is 4.22. The van der Waals surface area contributed by atoms with Gasteiger partial charge in [0.2, 0.25) is 0 Å². The highest BCUT2D eigenvalue weighted by atomic mass is 35.5. The molecule has 3 rings (SSSR count).